The highest BCUT2D eigenvalue weighted by Crippen LogP contribution is 2.41. The minimum Gasteiger partial charge on any atom is -0.393 e. The van der Waals surface area contributed by atoms with Gasteiger partial charge in [-0.2, -0.15) is 0 Å². The lowest BCUT2D eigenvalue weighted by Crippen LogP contribution is -2.40. The number of hydrogen-bond donors (Lipinski definition) is 3. The predicted octanol–water partition coefficient (Wildman–Crippen LogP) is 2.23. The molecule has 5 atom stereocenters. The van der Waals surface area contributed by atoms with Gasteiger partial charge in [-0.05, 0) is 20.3 Å². The summed E-state index contributed by atoms with van der Waals surface area (Å²) in [4.78, 5) is 8.45. The molecule has 0 radical (unpaired) electrons. The van der Waals surface area contributed by atoms with Crippen molar-refractivity contribution in [1.29, 1.82) is 0 Å². The van der Waals surface area contributed by atoms with Crippen LogP contribution in [-0.2, 0) is 9.47 Å². The first-order chi connectivity index (χ1) is 11.7. The lowest BCUT2D eigenvalue weighted by Gasteiger charge is -2.25. The van der Waals surface area contributed by atoms with Crippen LogP contribution in [0.2, 0.25) is 5.15 Å². The molecule has 1 aromatic rings. The van der Waals surface area contributed by atoms with E-state index in [9.17, 15) is 9.50 Å². The number of aliphatic hydroxyl groups excluding tert-OH is 1. The molecule has 25 heavy (non-hydrogen) atoms. The van der Waals surface area contributed by atoms with Crippen molar-refractivity contribution in [3.05, 3.63) is 5.15 Å². The Kier molecular flexibility index (Phi) is 5.32. The number of anilines is 2. The molecule has 2 heterocycles. The Bertz CT molecular complexity index is 653. The minimum absolute atomic E-state index is 0.102. The maximum Gasteiger partial charge on any atom is 0.191 e. The van der Waals surface area contributed by atoms with Crippen molar-refractivity contribution in [2.75, 3.05) is 16.8 Å². The van der Waals surface area contributed by atoms with Crippen molar-refractivity contribution < 1.29 is 19.0 Å². The number of hydrogen-bond acceptors (Lipinski definition) is 8. The first-order valence-electron chi connectivity index (χ1n) is 8.13. The maximum absolute atomic E-state index is 14.6. The van der Waals surface area contributed by atoms with Crippen LogP contribution in [-0.4, -0.2) is 57.1 Å². The zero-order chi connectivity index (χ0) is 18.4. The molecule has 1 unspecified atom stereocenters. The molecule has 1 saturated carbocycles. The highest BCUT2D eigenvalue weighted by molar-refractivity contribution is 7.99. The lowest BCUT2D eigenvalue weighted by molar-refractivity contribution is -0.169. The summed E-state index contributed by atoms with van der Waals surface area (Å²) in [5, 5.41) is 13.6. The van der Waals surface area contributed by atoms with Crippen molar-refractivity contribution in [2.45, 2.75) is 68.7 Å². The number of aromatic nitrogens is 2. The van der Waals surface area contributed by atoms with Crippen LogP contribution in [0.4, 0.5) is 15.9 Å². The number of nitrogens with two attached hydrogens (primary N) is 1. The van der Waals surface area contributed by atoms with Crippen LogP contribution in [0, 0.1) is 0 Å². The molecule has 0 aromatic carbocycles. The second-order valence-electron chi connectivity index (χ2n) is 6.58. The van der Waals surface area contributed by atoms with E-state index in [0.29, 0.717) is 5.16 Å². The summed E-state index contributed by atoms with van der Waals surface area (Å²) in [5.74, 6) is 0.156. The first kappa shape index (κ1) is 18.9. The number of alkyl halides is 1. The van der Waals surface area contributed by atoms with Crippen LogP contribution in [0.1, 0.15) is 27.2 Å². The third-order valence-corrected chi connectivity index (χ3v) is 5.48. The maximum atomic E-state index is 14.6. The van der Waals surface area contributed by atoms with Crippen molar-refractivity contribution in [1.82, 2.24) is 9.97 Å². The monoisotopic (exact) mass is 392 g/mol. The van der Waals surface area contributed by atoms with Gasteiger partial charge in [-0.1, -0.05) is 30.3 Å². The fraction of sp³-hybridized carbons (Fsp3) is 0.733. The molecule has 4 N–H and O–H groups in total. The molecule has 0 amide bonds. The predicted molar refractivity (Wildman–Crippen MR) is 94.6 cm³/mol. The van der Waals surface area contributed by atoms with Crippen molar-refractivity contribution >= 4 is 34.9 Å². The summed E-state index contributed by atoms with van der Waals surface area (Å²) < 4.78 is 25.9. The molecule has 3 rings (SSSR count). The molecule has 7 nitrogen and oxygen atoms in total. The van der Waals surface area contributed by atoms with Crippen LogP contribution in [0.25, 0.3) is 0 Å². The highest BCUT2D eigenvalue weighted by Gasteiger charge is 2.59. The van der Waals surface area contributed by atoms with Gasteiger partial charge in [0.1, 0.15) is 24.0 Å². The molecule has 10 heteroatoms. The number of fused-ring (bicyclic) bond motifs is 1. The summed E-state index contributed by atoms with van der Waals surface area (Å²) >= 11 is 7.51. The SMILES string of the molecule is CCCSc1nc(Cl)c(N)c(N[C@H]2C3OC(C)(C)O[C@@H]3[C@@H](O)[C@@H]2F)n1. The van der Waals surface area contributed by atoms with Gasteiger partial charge in [0.2, 0.25) is 0 Å². The molecule has 0 spiro atoms. The van der Waals surface area contributed by atoms with Crippen LogP contribution < -0.4 is 11.1 Å². The Balaban J connectivity index is 1.85. The lowest BCUT2D eigenvalue weighted by atomic mass is 10.2. The third kappa shape index (κ3) is 3.66. The number of thioether (sulfide) groups is 1. The van der Waals surface area contributed by atoms with Crippen LogP contribution >= 0.6 is 23.4 Å². The van der Waals surface area contributed by atoms with Gasteiger partial charge in [-0.25, -0.2) is 14.4 Å². The van der Waals surface area contributed by atoms with E-state index in [4.69, 9.17) is 26.8 Å². The van der Waals surface area contributed by atoms with E-state index in [0.717, 1.165) is 12.2 Å². The standard InChI is InChI=1S/C15H22ClFN4O3S/c1-4-5-25-14-20-12(16)7(18)13(21-14)19-8-6(17)9(22)11-10(8)23-15(2,3)24-11/h6,8-11,22H,4-5,18H2,1-3H3,(H,19,20,21)/t6-,8-,9+,10?,11-/m1/s1. The van der Waals surface area contributed by atoms with E-state index in [-0.39, 0.29) is 16.7 Å². The molecule has 1 aromatic heterocycles. The Morgan fingerprint density at radius 3 is 2.72 bits per heavy atom. The summed E-state index contributed by atoms with van der Waals surface area (Å²) in [7, 11) is 0. The molecule has 1 aliphatic carbocycles. The zero-order valence-corrected chi connectivity index (χ0v) is 15.8. The van der Waals surface area contributed by atoms with Gasteiger partial charge >= 0.3 is 0 Å². The Morgan fingerprint density at radius 1 is 1.36 bits per heavy atom. The number of halogens is 2. The molecular formula is C15H22ClFN4O3S. The molecule has 2 fully saturated rings. The summed E-state index contributed by atoms with van der Waals surface area (Å²) in [6.45, 7) is 5.48. The third-order valence-electron chi connectivity index (χ3n) is 4.14. The van der Waals surface area contributed by atoms with Crippen LogP contribution in [0.3, 0.4) is 0 Å². The second-order valence-corrected chi connectivity index (χ2v) is 8.00. The fourth-order valence-electron chi connectivity index (χ4n) is 3.04. The van der Waals surface area contributed by atoms with E-state index in [1.807, 2.05) is 6.92 Å². The zero-order valence-electron chi connectivity index (χ0n) is 14.2. The van der Waals surface area contributed by atoms with Crippen LogP contribution in [0.15, 0.2) is 5.16 Å². The molecule has 2 aliphatic rings. The van der Waals surface area contributed by atoms with Crippen molar-refractivity contribution in [3.63, 3.8) is 0 Å². The normalized spacial score (nSPS) is 33.4. The van der Waals surface area contributed by atoms with Crippen molar-refractivity contribution in [3.8, 4) is 0 Å². The van der Waals surface area contributed by atoms with Gasteiger partial charge in [0.15, 0.2) is 28.1 Å². The minimum atomic E-state index is -1.59. The Hall–Kier alpha value is -0.870. The number of nitrogen functional groups attached to an aromatic ring is 1. The van der Waals surface area contributed by atoms with E-state index in [2.05, 4.69) is 15.3 Å². The van der Waals surface area contributed by atoms with Gasteiger partial charge in [-0.3, -0.25) is 0 Å². The van der Waals surface area contributed by atoms with Gasteiger partial charge in [0.05, 0.1) is 6.04 Å². The van der Waals surface area contributed by atoms with E-state index in [1.165, 1.54) is 11.8 Å². The largest absolute Gasteiger partial charge is 0.393 e. The quantitative estimate of drug-likeness (QED) is 0.398. The van der Waals surface area contributed by atoms with Crippen LogP contribution in [0.5, 0.6) is 0 Å². The van der Waals surface area contributed by atoms with Gasteiger partial charge in [0, 0.05) is 5.75 Å². The summed E-state index contributed by atoms with van der Waals surface area (Å²) in [6, 6.07) is -0.862. The van der Waals surface area contributed by atoms with Gasteiger partial charge in [0.25, 0.3) is 0 Å². The number of aliphatic hydroxyl groups is 1. The molecule has 140 valence electrons. The van der Waals surface area contributed by atoms with Crippen molar-refractivity contribution in [2.24, 2.45) is 0 Å². The first-order valence-corrected chi connectivity index (χ1v) is 9.50. The smallest absolute Gasteiger partial charge is 0.191 e. The number of ether oxygens (including phenoxy) is 2. The van der Waals surface area contributed by atoms with Gasteiger partial charge < -0.3 is 25.6 Å². The number of nitrogens with one attached hydrogen (secondary N) is 1. The molecule has 0 bridgehead atoms. The van der Waals surface area contributed by atoms with E-state index < -0.39 is 36.3 Å². The summed E-state index contributed by atoms with van der Waals surface area (Å²) in [6.07, 6.45) is -3.36. The number of rotatable bonds is 5. The second kappa shape index (κ2) is 7.03. The van der Waals surface area contributed by atoms with E-state index in [1.54, 1.807) is 13.8 Å². The number of nitrogens with zero attached hydrogens (tertiary/aromatic N) is 2. The highest BCUT2D eigenvalue weighted by atomic mass is 35.5. The molecular weight excluding hydrogens is 371 g/mol. The van der Waals surface area contributed by atoms with Gasteiger partial charge in [-0.15, -0.1) is 0 Å². The fourth-order valence-corrected chi connectivity index (χ4v) is 3.96. The van der Waals surface area contributed by atoms with E-state index >= 15 is 0 Å². The summed E-state index contributed by atoms with van der Waals surface area (Å²) in [5.41, 5.74) is 6.07. The Morgan fingerprint density at radius 2 is 2.04 bits per heavy atom. The molecule has 1 saturated heterocycles. The Labute approximate surface area is 154 Å². The average molecular weight is 393 g/mol. The topological polar surface area (TPSA) is 103 Å². The average Bonchev–Trinajstić information content (AvgIpc) is 2.97. The molecule has 1 aliphatic heterocycles.